The summed E-state index contributed by atoms with van der Waals surface area (Å²) in [6.07, 6.45) is 2.47. The van der Waals surface area contributed by atoms with E-state index >= 15 is 0 Å². The predicted octanol–water partition coefficient (Wildman–Crippen LogP) is 4.76. The third-order valence-corrected chi connectivity index (χ3v) is 4.43. The zero-order valence-corrected chi connectivity index (χ0v) is 15.6. The van der Waals surface area contributed by atoms with Gasteiger partial charge in [-0.15, -0.1) is 0 Å². The number of carbonyl (C=O) groups excluding carboxylic acids is 1. The van der Waals surface area contributed by atoms with Crippen LogP contribution in [0.2, 0.25) is 0 Å². The molecule has 1 atom stereocenters. The number of nitrogens with zero attached hydrogens (tertiary/aromatic N) is 3. The number of para-hydroxylation sites is 1. The van der Waals surface area contributed by atoms with Gasteiger partial charge in [0.2, 0.25) is 0 Å². The summed E-state index contributed by atoms with van der Waals surface area (Å²) in [6, 6.07) is 15.3. The predicted molar refractivity (Wildman–Crippen MR) is 108 cm³/mol. The summed E-state index contributed by atoms with van der Waals surface area (Å²) in [5.41, 5.74) is 1.06. The van der Waals surface area contributed by atoms with E-state index < -0.39 is 10.8 Å². The fourth-order valence-electron chi connectivity index (χ4n) is 2.73. The Morgan fingerprint density at radius 3 is 2.64 bits per heavy atom. The average Bonchev–Trinajstić information content (AvgIpc) is 3.16. The highest BCUT2D eigenvalue weighted by Crippen LogP contribution is 2.29. The fraction of sp³-hybridized carbons (Fsp3) is 0.200. The summed E-state index contributed by atoms with van der Waals surface area (Å²) in [5.74, 6) is 0.118. The van der Waals surface area contributed by atoms with Gasteiger partial charge in [0.05, 0.1) is 17.2 Å². The number of nitrogens with one attached hydrogen (secondary N) is 2. The molecule has 2 N–H and O–H groups in total. The molecular formula is C20H21N5O3. The number of hydrogen-bond acceptors (Lipinski definition) is 5. The molecule has 2 aromatic carbocycles. The van der Waals surface area contributed by atoms with Crippen molar-refractivity contribution in [2.24, 2.45) is 0 Å². The molecule has 1 heterocycles. The van der Waals surface area contributed by atoms with Crippen molar-refractivity contribution in [1.29, 1.82) is 0 Å². The first-order valence-corrected chi connectivity index (χ1v) is 8.95. The zero-order valence-electron chi connectivity index (χ0n) is 15.6. The summed E-state index contributed by atoms with van der Waals surface area (Å²) in [6.45, 7) is 4.03. The number of nitro benzene ring substituents is 1. The number of anilines is 3. The highest BCUT2D eigenvalue weighted by Gasteiger charge is 2.19. The summed E-state index contributed by atoms with van der Waals surface area (Å²) in [5, 5.41) is 21.5. The minimum Gasteiger partial charge on any atom is -0.350 e. The van der Waals surface area contributed by atoms with E-state index in [2.05, 4.69) is 15.7 Å². The first-order valence-electron chi connectivity index (χ1n) is 8.95. The minimum absolute atomic E-state index is 0.122. The van der Waals surface area contributed by atoms with Gasteiger partial charge in [-0.05, 0) is 37.6 Å². The molecule has 1 unspecified atom stereocenters. The van der Waals surface area contributed by atoms with Crippen molar-refractivity contribution in [3.05, 3.63) is 76.5 Å². The number of rotatable bonds is 7. The maximum Gasteiger partial charge on any atom is 0.293 e. The zero-order chi connectivity index (χ0) is 20.1. The van der Waals surface area contributed by atoms with Gasteiger partial charge in [0.25, 0.3) is 11.6 Å². The SMILES string of the molecule is CCC(C)n1nccc1NC(=O)c1ccc(Nc2ccccc2)c([N+](=O)[O-])c1. The maximum atomic E-state index is 12.6. The lowest BCUT2D eigenvalue weighted by molar-refractivity contribution is -0.383. The molecule has 3 rings (SSSR count). The lowest BCUT2D eigenvalue weighted by atomic mass is 10.1. The molecule has 28 heavy (non-hydrogen) atoms. The third kappa shape index (κ3) is 4.17. The van der Waals surface area contributed by atoms with Crippen molar-refractivity contribution in [2.75, 3.05) is 10.6 Å². The minimum atomic E-state index is -0.508. The molecule has 0 spiro atoms. The van der Waals surface area contributed by atoms with Crippen LogP contribution >= 0.6 is 0 Å². The molecule has 0 saturated carbocycles. The number of hydrogen-bond donors (Lipinski definition) is 2. The Morgan fingerprint density at radius 1 is 1.21 bits per heavy atom. The van der Waals surface area contributed by atoms with Crippen LogP contribution in [0.15, 0.2) is 60.8 Å². The second-order valence-corrected chi connectivity index (χ2v) is 6.35. The third-order valence-electron chi connectivity index (χ3n) is 4.43. The average molecular weight is 379 g/mol. The Balaban J connectivity index is 1.84. The van der Waals surface area contributed by atoms with Gasteiger partial charge in [-0.1, -0.05) is 25.1 Å². The number of benzene rings is 2. The lowest BCUT2D eigenvalue weighted by Gasteiger charge is -2.14. The van der Waals surface area contributed by atoms with Crippen LogP contribution < -0.4 is 10.6 Å². The van der Waals surface area contributed by atoms with Crippen molar-refractivity contribution < 1.29 is 9.72 Å². The molecule has 1 amide bonds. The number of carbonyl (C=O) groups is 1. The van der Waals surface area contributed by atoms with E-state index in [-0.39, 0.29) is 17.3 Å². The van der Waals surface area contributed by atoms with Crippen molar-refractivity contribution >= 4 is 28.8 Å². The molecule has 0 aliphatic heterocycles. The number of aromatic nitrogens is 2. The van der Waals surface area contributed by atoms with Crippen LogP contribution in [0.1, 0.15) is 36.7 Å². The number of nitro groups is 1. The van der Waals surface area contributed by atoms with Crippen LogP contribution in [0.4, 0.5) is 22.9 Å². The molecule has 0 aliphatic carbocycles. The van der Waals surface area contributed by atoms with Gasteiger partial charge in [-0.2, -0.15) is 5.10 Å². The van der Waals surface area contributed by atoms with Crippen molar-refractivity contribution in [1.82, 2.24) is 9.78 Å². The van der Waals surface area contributed by atoms with Gasteiger partial charge in [0, 0.05) is 23.4 Å². The largest absolute Gasteiger partial charge is 0.350 e. The van der Waals surface area contributed by atoms with Crippen molar-refractivity contribution in [3.8, 4) is 0 Å². The van der Waals surface area contributed by atoms with E-state index in [1.54, 1.807) is 35.1 Å². The Kier molecular flexibility index (Phi) is 5.69. The van der Waals surface area contributed by atoms with E-state index in [4.69, 9.17) is 0 Å². The standard InChI is InChI=1S/C20H21N5O3/c1-3-14(2)24-19(11-12-21-24)23-20(26)15-9-10-17(18(13-15)25(27)28)22-16-7-5-4-6-8-16/h4-14,22H,3H2,1-2H3,(H,23,26). The quantitative estimate of drug-likeness (QED) is 0.455. The lowest BCUT2D eigenvalue weighted by Crippen LogP contribution is -2.17. The van der Waals surface area contributed by atoms with Crippen LogP contribution in [-0.4, -0.2) is 20.6 Å². The van der Waals surface area contributed by atoms with Crippen LogP contribution in [0.3, 0.4) is 0 Å². The van der Waals surface area contributed by atoms with E-state index in [1.807, 2.05) is 32.0 Å². The van der Waals surface area contributed by atoms with Crippen LogP contribution in [0.25, 0.3) is 0 Å². The van der Waals surface area contributed by atoms with Gasteiger partial charge >= 0.3 is 0 Å². The fourth-order valence-corrected chi connectivity index (χ4v) is 2.73. The summed E-state index contributed by atoms with van der Waals surface area (Å²) in [4.78, 5) is 23.6. The summed E-state index contributed by atoms with van der Waals surface area (Å²) in [7, 11) is 0. The molecule has 0 aliphatic rings. The highest BCUT2D eigenvalue weighted by atomic mass is 16.6. The Morgan fingerprint density at radius 2 is 1.96 bits per heavy atom. The van der Waals surface area contributed by atoms with E-state index in [0.29, 0.717) is 11.5 Å². The van der Waals surface area contributed by atoms with Crippen molar-refractivity contribution in [2.45, 2.75) is 26.3 Å². The second-order valence-electron chi connectivity index (χ2n) is 6.35. The summed E-state index contributed by atoms with van der Waals surface area (Å²) >= 11 is 0. The summed E-state index contributed by atoms with van der Waals surface area (Å²) < 4.78 is 1.72. The van der Waals surface area contributed by atoms with E-state index in [9.17, 15) is 14.9 Å². The molecule has 8 nitrogen and oxygen atoms in total. The topological polar surface area (TPSA) is 102 Å². The Bertz CT molecular complexity index is 985. The monoisotopic (exact) mass is 379 g/mol. The molecule has 1 aromatic heterocycles. The van der Waals surface area contributed by atoms with E-state index in [0.717, 1.165) is 12.1 Å². The normalized spacial score (nSPS) is 11.6. The van der Waals surface area contributed by atoms with Crippen LogP contribution in [0.5, 0.6) is 0 Å². The Labute approximate surface area is 162 Å². The molecule has 8 heteroatoms. The maximum absolute atomic E-state index is 12.6. The highest BCUT2D eigenvalue weighted by molar-refractivity contribution is 6.04. The number of amides is 1. The molecule has 0 saturated heterocycles. The van der Waals surface area contributed by atoms with Gasteiger partial charge in [-0.3, -0.25) is 14.9 Å². The van der Waals surface area contributed by atoms with E-state index in [1.165, 1.54) is 12.1 Å². The van der Waals surface area contributed by atoms with Crippen molar-refractivity contribution in [3.63, 3.8) is 0 Å². The molecule has 3 aromatic rings. The van der Waals surface area contributed by atoms with Crippen LogP contribution in [-0.2, 0) is 0 Å². The first-order chi connectivity index (χ1) is 13.5. The van der Waals surface area contributed by atoms with Gasteiger partial charge in [-0.25, -0.2) is 4.68 Å². The molecule has 0 bridgehead atoms. The molecule has 0 fully saturated rings. The molecule has 144 valence electrons. The van der Waals surface area contributed by atoms with Gasteiger partial charge in [0.1, 0.15) is 11.5 Å². The van der Waals surface area contributed by atoms with Crippen LogP contribution in [0, 0.1) is 10.1 Å². The molecule has 0 radical (unpaired) electrons. The van der Waals surface area contributed by atoms with Gasteiger partial charge < -0.3 is 10.6 Å². The first kappa shape index (κ1) is 19.1. The van der Waals surface area contributed by atoms with Gasteiger partial charge in [0.15, 0.2) is 0 Å². The second kappa shape index (κ2) is 8.34. The smallest absolute Gasteiger partial charge is 0.293 e. The molecular weight excluding hydrogens is 358 g/mol. The Hall–Kier alpha value is -3.68.